The molecule has 2 fully saturated rings. The van der Waals surface area contributed by atoms with Crippen LogP contribution < -0.4 is 4.74 Å². The number of hydrogen-bond donors (Lipinski definition) is 0. The number of piperidine rings is 2. The van der Waals surface area contributed by atoms with Gasteiger partial charge in [-0.1, -0.05) is 22.9 Å². The summed E-state index contributed by atoms with van der Waals surface area (Å²) in [5, 5.41) is 0. The van der Waals surface area contributed by atoms with Gasteiger partial charge >= 0.3 is 0 Å². The van der Waals surface area contributed by atoms with Crippen molar-refractivity contribution >= 4 is 15.9 Å². The minimum atomic E-state index is 0.612. The largest absolute Gasteiger partial charge is 0.493 e. The minimum Gasteiger partial charge on any atom is -0.493 e. The van der Waals surface area contributed by atoms with E-state index in [-0.39, 0.29) is 0 Å². The van der Waals surface area contributed by atoms with Gasteiger partial charge in [0.15, 0.2) is 0 Å². The van der Waals surface area contributed by atoms with Crippen molar-refractivity contribution in [1.29, 1.82) is 0 Å². The fourth-order valence-electron chi connectivity index (χ4n) is 4.80. The second-order valence-corrected chi connectivity index (χ2v) is 10.1. The highest BCUT2D eigenvalue weighted by Gasteiger charge is 2.21. The van der Waals surface area contributed by atoms with Gasteiger partial charge in [-0.15, -0.1) is 0 Å². The fraction of sp³-hybridized carbons (Fsp3) is 0.750. The molecule has 0 bridgehead atoms. The topological polar surface area (TPSA) is 24.9 Å². The van der Waals surface area contributed by atoms with E-state index in [0.717, 1.165) is 55.6 Å². The number of ether oxygens (including phenoxy) is 2. The van der Waals surface area contributed by atoms with Crippen molar-refractivity contribution in [3.8, 4) is 5.75 Å². The SMILES string of the molecule is Cc1cc(Br)cc(C)c1OCC1CCCN(CCOCCN2CCCC(C)C2)C1. The highest BCUT2D eigenvalue weighted by atomic mass is 79.9. The Labute approximate surface area is 186 Å². The smallest absolute Gasteiger partial charge is 0.125 e. The number of nitrogens with zero attached hydrogens (tertiary/aromatic N) is 2. The van der Waals surface area contributed by atoms with Gasteiger partial charge in [-0.2, -0.15) is 0 Å². The van der Waals surface area contributed by atoms with Gasteiger partial charge in [-0.05, 0) is 81.8 Å². The van der Waals surface area contributed by atoms with Crippen LogP contribution >= 0.6 is 15.9 Å². The molecule has 3 rings (SSSR count). The van der Waals surface area contributed by atoms with Gasteiger partial charge in [-0.25, -0.2) is 0 Å². The minimum absolute atomic E-state index is 0.612. The van der Waals surface area contributed by atoms with E-state index in [1.54, 1.807) is 0 Å². The number of benzene rings is 1. The lowest BCUT2D eigenvalue weighted by atomic mass is 9.99. The molecule has 2 saturated heterocycles. The summed E-state index contributed by atoms with van der Waals surface area (Å²) in [7, 11) is 0. The van der Waals surface area contributed by atoms with Gasteiger partial charge in [0.2, 0.25) is 0 Å². The van der Waals surface area contributed by atoms with Crippen LogP contribution in [-0.2, 0) is 4.74 Å². The summed E-state index contributed by atoms with van der Waals surface area (Å²) in [5.41, 5.74) is 2.42. The van der Waals surface area contributed by atoms with Crippen LogP contribution in [0.3, 0.4) is 0 Å². The molecule has 1 aromatic carbocycles. The third-order valence-electron chi connectivity index (χ3n) is 6.34. The second kappa shape index (κ2) is 11.7. The Morgan fingerprint density at radius 3 is 2.24 bits per heavy atom. The van der Waals surface area contributed by atoms with Crippen molar-refractivity contribution in [3.05, 3.63) is 27.7 Å². The Morgan fingerprint density at radius 1 is 0.966 bits per heavy atom. The van der Waals surface area contributed by atoms with E-state index in [4.69, 9.17) is 9.47 Å². The van der Waals surface area contributed by atoms with E-state index in [1.165, 1.54) is 56.4 Å². The van der Waals surface area contributed by atoms with Crippen LogP contribution in [-0.4, -0.2) is 68.9 Å². The second-order valence-electron chi connectivity index (χ2n) is 9.15. The normalized spacial score (nSPS) is 24.0. The van der Waals surface area contributed by atoms with Crippen molar-refractivity contribution in [2.75, 3.05) is 59.1 Å². The third kappa shape index (κ3) is 7.54. The van der Waals surface area contributed by atoms with Gasteiger partial charge in [0.05, 0.1) is 19.8 Å². The molecule has 2 heterocycles. The maximum absolute atomic E-state index is 6.24. The van der Waals surface area contributed by atoms with Crippen molar-refractivity contribution in [1.82, 2.24) is 9.80 Å². The lowest BCUT2D eigenvalue weighted by Gasteiger charge is -2.33. The van der Waals surface area contributed by atoms with Gasteiger partial charge in [0.1, 0.15) is 5.75 Å². The standard InChI is InChI=1S/C24H39BrN2O2/c1-19-6-4-8-26(16-19)10-12-28-13-11-27-9-5-7-22(17-27)18-29-24-20(2)14-23(25)15-21(24)3/h14-15,19,22H,4-13,16-18H2,1-3H3. The summed E-state index contributed by atoms with van der Waals surface area (Å²) in [6.07, 6.45) is 5.26. The first kappa shape index (κ1) is 23.1. The molecular formula is C24H39BrN2O2. The molecule has 0 amide bonds. The monoisotopic (exact) mass is 466 g/mol. The van der Waals surface area contributed by atoms with Crippen LogP contribution in [0.15, 0.2) is 16.6 Å². The Kier molecular flexibility index (Phi) is 9.29. The average Bonchev–Trinajstić information content (AvgIpc) is 2.67. The third-order valence-corrected chi connectivity index (χ3v) is 6.79. The zero-order chi connectivity index (χ0) is 20.6. The molecule has 2 atom stereocenters. The predicted octanol–water partition coefficient (Wildman–Crippen LogP) is 4.91. The fourth-order valence-corrected chi connectivity index (χ4v) is 5.48. The first-order chi connectivity index (χ1) is 14.0. The molecule has 0 aliphatic carbocycles. The average molecular weight is 467 g/mol. The molecule has 0 radical (unpaired) electrons. The van der Waals surface area contributed by atoms with Crippen LogP contribution in [0.25, 0.3) is 0 Å². The van der Waals surface area contributed by atoms with E-state index < -0.39 is 0 Å². The number of aryl methyl sites for hydroxylation is 2. The van der Waals surface area contributed by atoms with E-state index in [2.05, 4.69) is 58.6 Å². The van der Waals surface area contributed by atoms with Crippen LogP contribution in [0.1, 0.15) is 43.7 Å². The van der Waals surface area contributed by atoms with E-state index in [1.807, 2.05) is 0 Å². The van der Waals surface area contributed by atoms with Crippen molar-refractivity contribution in [3.63, 3.8) is 0 Å². The van der Waals surface area contributed by atoms with Crippen LogP contribution in [0.2, 0.25) is 0 Å². The molecule has 164 valence electrons. The van der Waals surface area contributed by atoms with Crippen LogP contribution in [0, 0.1) is 25.7 Å². The summed E-state index contributed by atoms with van der Waals surface area (Å²) >= 11 is 3.57. The summed E-state index contributed by atoms with van der Waals surface area (Å²) in [6, 6.07) is 4.27. The van der Waals surface area contributed by atoms with E-state index in [0.29, 0.717) is 5.92 Å². The zero-order valence-electron chi connectivity index (χ0n) is 18.6. The summed E-state index contributed by atoms with van der Waals surface area (Å²) in [6.45, 7) is 16.1. The lowest BCUT2D eigenvalue weighted by Crippen LogP contribution is -2.40. The highest BCUT2D eigenvalue weighted by molar-refractivity contribution is 9.10. The Morgan fingerprint density at radius 2 is 1.59 bits per heavy atom. The highest BCUT2D eigenvalue weighted by Crippen LogP contribution is 2.28. The Balaban J connectivity index is 1.32. The molecule has 0 N–H and O–H groups in total. The van der Waals surface area contributed by atoms with Gasteiger partial charge in [-0.3, -0.25) is 0 Å². The number of rotatable bonds is 9. The maximum Gasteiger partial charge on any atom is 0.125 e. The van der Waals surface area contributed by atoms with E-state index in [9.17, 15) is 0 Å². The van der Waals surface area contributed by atoms with Crippen molar-refractivity contribution < 1.29 is 9.47 Å². The molecule has 29 heavy (non-hydrogen) atoms. The van der Waals surface area contributed by atoms with Gasteiger partial charge in [0.25, 0.3) is 0 Å². The van der Waals surface area contributed by atoms with Crippen molar-refractivity contribution in [2.24, 2.45) is 11.8 Å². The zero-order valence-corrected chi connectivity index (χ0v) is 20.2. The van der Waals surface area contributed by atoms with Gasteiger partial charge < -0.3 is 19.3 Å². The lowest BCUT2D eigenvalue weighted by molar-refractivity contribution is 0.0567. The Bertz CT molecular complexity index is 616. The molecule has 0 spiro atoms. The van der Waals surface area contributed by atoms with Gasteiger partial charge in [0, 0.05) is 36.6 Å². The van der Waals surface area contributed by atoms with Crippen molar-refractivity contribution in [2.45, 2.75) is 46.5 Å². The molecule has 1 aromatic rings. The molecule has 2 aliphatic rings. The summed E-state index contributed by atoms with van der Waals surface area (Å²) in [4.78, 5) is 5.12. The molecule has 4 nitrogen and oxygen atoms in total. The molecule has 0 aromatic heterocycles. The van der Waals surface area contributed by atoms with Crippen LogP contribution in [0.5, 0.6) is 5.75 Å². The summed E-state index contributed by atoms with van der Waals surface area (Å²) < 4.78 is 13.3. The molecule has 2 aliphatic heterocycles. The Hall–Kier alpha value is -0.620. The summed E-state index contributed by atoms with van der Waals surface area (Å²) in [5.74, 6) is 2.52. The first-order valence-electron chi connectivity index (χ1n) is 11.4. The number of hydrogen-bond acceptors (Lipinski definition) is 4. The number of halogens is 1. The van der Waals surface area contributed by atoms with Crippen LogP contribution in [0.4, 0.5) is 0 Å². The first-order valence-corrected chi connectivity index (χ1v) is 12.2. The maximum atomic E-state index is 6.24. The molecular weight excluding hydrogens is 428 g/mol. The number of likely N-dealkylation sites (tertiary alicyclic amines) is 2. The van der Waals surface area contributed by atoms with E-state index >= 15 is 0 Å². The molecule has 0 saturated carbocycles. The molecule has 2 unspecified atom stereocenters. The molecule has 5 heteroatoms. The predicted molar refractivity (Wildman–Crippen MR) is 124 cm³/mol. The quantitative estimate of drug-likeness (QED) is 0.482.